The molecule has 0 aromatic heterocycles. The van der Waals surface area contributed by atoms with E-state index in [1.165, 1.54) is 6.21 Å². The maximum atomic E-state index is 10.6. The first kappa shape index (κ1) is 17.8. The number of halogens is 1. The average Bonchev–Trinajstić information content (AvgIpc) is 2.55. The van der Waals surface area contributed by atoms with Gasteiger partial charge in [-0.2, -0.15) is 5.10 Å². The van der Waals surface area contributed by atoms with Crippen LogP contribution in [0.2, 0.25) is 0 Å². The second-order valence-electron chi connectivity index (χ2n) is 4.79. The Morgan fingerprint density at radius 1 is 1.21 bits per heavy atom. The molecule has 0 saturated carbocycles. The molecule has 24 heavy (non-hydrogen) atoms. The van der Waals surface area contributed by atoms with Crippen LogP contribution in [0, 0.1) is 0 Å². The van der Waals surface area contributed by atoms with Crippen molar-refractivity contribution in [3.05, 3.63) is 58.1 Å². The molecule has 0 unspecified atom stereocenters. The van der Waals surface area contributed by atoms with Gasteiger partial charge in [0.05, 0.1) is 12.8 Å². The monoisotopic (exact) mass is 391 g/mol. The van der Waals surface area contributed by atoms with Crippen molar-refractivity contribution in [1.29, 1.82) is 0 Å². The van der Waals surface area contributed by atoms with Crippen LogP contribution in [-0.2, 0) is 6.61 Å². The first-order chi connectivity index (χ1) is 11.6. The molecule has 0 saturated heterocycles. The zero-order valence-electron chi connectivity index (χ0n) is 13.2. The summed E-state index contributed by atoms with van der Waals surface area (Å²) in [4.78, 5) is 10.6. The first-order valence-corrected chi connectivity index (χ1v) is 8.10. The van der Waals surface area contributed by atoms with Gasteiger partial charge in [0.1, 0.15) is 6.61 Å². The summed E-state index contributed by atoms with van der Waals surface area (Å²) >= 11 is 3.40. The maximum absolute atomic E-state index is 10.6. The number of carbonyl (C=O) groups is 1. The molecule has 0 spiro atoms. The highest BCUT2D eigenvalue weighted by atomic mass is 79.9. The molecule has 6 nitrogen and oxygen atoms in total. The number of nitrogens with one attached hydrogen (secondary N) is 1. The second kappa shape index (κ2) is 8.93. The quantitative estimate of drug-likeness (QED) is 0.559. The number of nitrogens with two attached hydrogens (primary N) is 1. The van der Waals surface area contributed by atoms with Gasteiger partial charge in [-0.05, 0) is 48.4 Å². The fraction of sp³-hybridized carbons (Fsp3) is 0.176. The molecule has 2 aromatic rings. The van der Waals surface area contributed by atoms with Gasteiger partial charge in [-0.25, -0.2) is 10.2 Å². The normalized spacial score (nSPS) is 10.6. The number of ether oxygens (including phenoxy) is 2. The molecule has 0 aliphatic heterocycles. The number of benzene rings is 2. The Labute approximate surface area is 148 Å². The number of hydrogen-bond acceptors (Lipinski definition) is 4. The Morgan fingerprint density at radius 2 is 1.96 bits per heavy atom. The largest absolute Gasteiger partial charge is 0.490 e. The first-order valence-electron chi connectivity index (χ1n) is 7.31. The van der Waals surface area contributed by atoms with Crippen molar-refractivity contribution < 1.29 is 14.3 Å². The maximum Gasteiger partial charge on any atom is 0.332 e. The molecule has 0 aliphatic carbocycles. The van der Waals surface area contributed by atoms with E-state index in [4.69, 9.17) is 15.2 Å². The van der Waals surface area contributed by atoms with Crippen molar-refractivity contribution in [3.8, 4) is 11.5 Å². The van der Waals surface area contributed by atoms with Crippen LogP contribution in [-0.4, -0.2) is 18.9 Å². The molecule has 3 N–H and O–H groups in total. The molecule has 0 radical (unpaired) electrons. The molecule has 126 valence electrons. The van der Waals surface area contributed by atoms with Crippen molar-refractivity contribution in [1.82, 2.24) is 5.43 Å². The summed E-state index contributed by atoms with van der Waals surface area (Å²) in [5, 5.41) is 3.72. The topological polar surface area (TPSA) is 85.9 Å². The average molecular weight is 392 g/mol. The summed E-state index contributed by atoms with van der Waals surface area (Å²) in [6, 6.07) is 12.6. The number of primary amides is 1. The number of hydrogen-bond donors (Lipinski definition) is 2. The third kappa shape index (κ3) is 5.58. The Morgan fingerprint density at radius 3 is 2.62 bits per heavy atom. The van der Waals surface area contributed by atoms with E-state index in [2.05, 4.69) is 26.5 Å². The SMILES string of the molecule is CCOc1cc(/C=N\NC(N)=O)ccc1OCc1ccc(Br)cc1. The lowest BCUT2D eigenvalue weighted by Gasteiger charge is -2.12. The molecule has 0 heterocycles. The Kier molecular flexibility index (Phi) is 6.62. The van der Waals surface area contributed by atoms with Crippen LogP contribution in [0.15, 0.2) is 52.0 Å². The zero-order valence-corrected chi connectivity index (χ0v) is 14.7. The lowest BCUT2D eigenvalue weighted by atomic mass is 10.2. The number of amides is 2. The van der Waals surface area contributed by atoms with Gasteiger partial charge >= 0.3 is 6.03 Å². The van der Waals surface area contributed by atoms with Crippen LogP contribution in [0.5, 0.6) is 11.5 Å². The fourth-order valence-corrected chi connectivity index (χ4v) is 2.17. The highest BCUT2D eigenvalue weighted by molar-refractivity contribution is 9.10. The van der Waals surface area contributed by atoms with Gasteiger partial charge in [-0.15, -0.1) is 0 Å². The summed E-state index contributed by atoms with van der Waals surface area (Å²) < 4.78 is 12.5. The number of urea groups is 1. The second-order valence-corrected chi connectivity index (χ2v) is 5.70. The number of rotatable bonds is 7. The number of carbonyl (C=O) groups excluding carboxylic acids is 1. The Hall–Kier alpha value is -2.54. The third-order valence-corrected chi connectivity index (χ3v) is 3.49. The summed E-state index contributed by atoms with van der Waals surface area (Å²) in [5.74, 6) is 1.25. The number of nitrogens with zero attached hydrogens (tertiary/aromatic N) is 1. The molecule has 0 aliphatic rings. The van der Waals surface area contributed by atoms with Crippen molar-refractivity contribution in [2.45, 2.75) is 13.5 Å². The van der Waals surface area contributed by atoms with Gasteiger partial charge in [0, 0.05) is 4.47 Å². The molecule has 2 aromatic carbocycles. The van der Waals surface area contributed by atoms with Gasteiger partial charge < -0.3 is 15.2 Å². The summed E-state index contributed by atoms with van der Waals surface area (Å²) in [6.45, 7) is 2.84. The molecule has 0 bridgehead atoms. The van der Waals surface area contributed by atoms with Crippen LogP contribution in [0.1, 0.15) is 18.1 Å². The van der Waals surface area contributed by atoms with Crippen molar-refractivity contribution in [2.24, 2.45) is 10.8 Å². The Balaban J connectivity index is 2.09. The van der Waals surface area contributed by atoms with Crippen LogP contribution < -0.4 is 20.6 Å². The predicted octanol–water partition coefficient (Wildman–Crippen LogP) is 3.43. The van der Waals surface area contributed by atoms with E-state index in [0.717, 1.165) is 15.6 Å². The van der Waals surface area contributed by atoms with Gasteiger partial charge in [0.2, 0.25) is 0 Å². The van der Waals surface area contributed by atoms with E-state index in [0.29, 0.717) is 24.7 Å². The van der Waals surface area contributed by atoms with E-state index in [-0.39, 0.29) is 0 Å². The Bertz CT molecular complexity index is 718. The molecule has 0 atom stereocenters. The lowest BCUT2D eigenvalue weighted by molar-refractivity contribution is 0.249. The van der Waals surface area contributed by atoms with Gasteiger partial charge in [0.15, 0.2) is 11.5 Å². The van der Waals surface area contributed by atoms with Crippen LogP contribution in [0.4, 0.5) is 4.79 Å². The van der Waals surface area contributed by atoms with E-state index in [9.17, 15) is 4.79 Å². The number of hydrazone groups is 1. The van der Waals surface area contributed by atoms with E-state index < -0.39 is 6.03 Å². The van der Waals surface area contributed by atoms with Crippen LogP contribution >= 0.6 is 15.9 Å². The predicted molar refractivity (Wildman–Crippen MR) is 96.4 cm³/mol. The van der Waals surface area contributed by atoms with E-state index in [1.807, 2.05) is 37.3 Å². The molecular weight excluding hydrogens is 374 g/mol. The smallest absolute Gasteiger partial charge is 0.332 e. The fourth-order valence-electron chi connectivity index (χ4n) is 1.90. The summed E-state index contributed by atoms with van der Waals surface area (Å²) in [6.07, 6.45) is 1.48. The highest BCUT2D eigenvalue weighted by Gasteiger charge is 2.06. The zero-order chi connectivity index (χ0) is 17.4. The van der Waals surface area contributed by atoms with Gasteiger partial charge in [-0.1, -0.05) is 28.1 Å². The highest BCUT2D eigenvalue weighted by Crippen LogP contribution is 2.29. The van der Waals surface area contributed by atoms with Gasteiger partial charge in [0.25, 0.3) is 0 Å². The van der Waals surface area contributed by atoms with Crippen LogP contribution in [0.25, 0.3) is 0 Å². The minimum atomic E-state index is -0.717. The molecular formula is C17H18BrN3O3. The summed E-state index contributed by atoms with van der Waals surface area (Å²) in [7, 11) is 0. The minimum Gasteiger partial charge on any atom is -0.490 e. The standard InChI is InChI=1S/C17H18BrN3O3/c1-2-23-16-9-13(10-20-21-17(19)22)5-8-15(16)24-11-12-3-6-14(18)7-4-12/h3-10H,2,11H2,1H3,(H3,19,21,22)/b20-10-. The molecule has 0 fully saturated rings. The van der Waals surface area contributed by atoms with Crippen LogP contribution in [0.3, 0.4) is 0 Å². The van der Waals surface area contributed by atoms with Crippen molar-refractivity contribution >= 4 is 28.2 Å². The van der Waals surface area contributed by atoms with E-state index in [1.54, 1.807) is 12.1 Å². The third-order valence-electron chi connectivity index (χ3n) is 2.96. The molecule has 7 heteroatoms. The lowest BCUT2D eigenvalue weighted by Crippen LogP contribution is -2.24. The molecule has 2 amide bonds. The minimum absolute atomic E-state index is 0.435. The summed E-state index contributed by atoms with van der Waals surface area (Å²) in [5.41, 5.74) is 8.90. The van der Waals surface area contributed by atoms with Crippen molar-refractivity contribution in [2.75, 3.05) is 6.61 Å². The van der Waals surface area contributed by atoms with Gasteiger partial charge in [-0.3, -0.25) is 0 Å². The van der Waals surface area contributed by atoms with E-state index >= 15 is 0 Å². The molecule has 2 rings (SSSR count). The van der Waals surface area contributed by atoms with Crippen molar-refractivity contribution in [3.63, 3.8) is 0 Å².